The number of ether oxygens (including phenoxy) is 3. The minimum absolute atomic E-state index is 0.0829. The van der Waals surface area contributed by atoms with E-state index in [1.54, 1.807) is 0 Å². The van der Waals surface area contributed by atoms with E-state index < -0.39 is 12.3 Å². The summed E-state index contributed by atoms with van der Waals surface area (Å²) in [7, 11) is 0. The minimum atomic E-state index is -0.558. The lowest BCUT2D eigenvalue weighted by molar-refractivity contribution is -0.158. The summed E-state index contributed by atoms with van der Waals surface area (Å²) < 4.78 is 16.5. The Labute approximate surface area is 113 Å². The SMILES string of the molecule is C=CC(=O)OCC(OC1=CCCC1)OC1=CCCC1. The molecule has 0 unspecified atom stereocenters. The Balaban J connectivity index is 1.87. The van der Waals surface area contributed by atoms with Gasteiger partial charge < -0.3 is 14.2 Å². The van der Waals surface area contributed by atoms with Gasteiger partial charge in [-0.2, -0.15) is 0 Å². The van der Waals surface area contributed by atoms with Crippen molar-refractivity contribution in [3.63, 3.8) is 0 Å². The number of rotatable bonds is 7. The molecule has 0 saturated carbocycles. The van der Waals surface area contributed by atoms with E-state index in [9.17, 15) is 4.79 Å². The Morgan fingerprint density at radius 1 is 1.21 bits per heavy atom. The lowest BCUT2D eigenvalue weighted by Gasteiger charge is -2.21. The highest BCUT2D eigenvalue weighted by Crippen LogP contribution is 2.24. The standard InChI is InChI=1S/C15H20O4/c1-2-14(16)17-11-15(18-12-7-3-4-8-12)19-13-9-5-6-10-13/h2,7,9,15H,1,3-6,8,10-11H2. The minimum Gasteiger partial charge on any atom is -0.456 e. The normalized spacial score (nSPS) is 17.9. The Bertz CT molecular complexity index is 369. The Morgan fingerprint density at radius 3 is 2.21 bits per heavy atom. The highest BCUT2D eigenvalue weighted by Gasteiger charge is 2.19. The Morgan fingerprint density at radius 2 is 1.79 bits per heavy atom. The predicted molar refractivity (Wildman–Crippen MR) is 71.0 cm³/mol. The van der Waals surface area contributed by atoms with Gasteiger partial charge in [0, 0.05) is 18.9 Å². The number of esters is 1. The molecule has 2 aliphatic rings. The summed E-state index contributed by atoms with van der Waals surface area (Å²) in [5.74, 6) is 1.40. The number of hydrogen-bond acceptors (Lipinski definition) is 4. The van der Waals surface area contributed by atoms with Gasteiger partial charge in [-0.05, 0) is 37.8 Å². The van der Waals surface area contributed by atoms with Crippen LogP contribution in [-0.2, 0) is 19.0 Å². The van der Waals surface area contributed by atoms with Gasteiger partial charge in [-0.3, -0.25) is 0 Å². The van der Waals surface area contributed by atoms with Crippen molar-refractivity contribution in [2.24, 2.45) is 0 Å². The largest absolute Gasteiger partial charge is 0.456 e. The molecule has 2 rings (SSSR count). The van der Waals surface area contributed by atoms with Crippen molar-refractivity contribution in [1.82, 2.24) is 0 Å². The summed E-state index contributed by atoms with van der Waals surface area (Å²) in [6.07, 6.45) is 10.9. The van der Waals surface area contributed by atoms with Gasteiger partial charge in [0.05, 0.1) is 11.5 Å². The van der Waals surface area contributed by atoms with E-state index in [0.717, 1.165) is 56.1 Å². The number of carbonyl (C=O) groups is 1. The fourth-order valence-electron chi connectivity index (χ4n) is 2.14. The summed E-state index contributed by atoms with van der Waals surface area (Å²) in [6, 6.07) is 0. The highest BCUT2D eigenvalue weighted by atomic mass is 16.7. The zero-order chi connectivity index (χ0) is 13.5. The van der Waals surface area contributed by atoms with E-state index in [4.69, 9.17) is 14.2 Å². The third-order valence-electron chi connectivity index (χ3n) is 3.09. The number of carbonyl (C=O) groups excluding carboxylic acids is 1. The molecule has 0 saturated heterocycles. The third kappa shape index (κ3) is 4.47. The van der Waals surface area contributed by atoms with Crippen LogP contribution in [0.1, 0.15) is 38.5 Å². The van der Waals surface area contributed by atoms with E-state index in [0.29, 0.717) is 0 Å². The first-order chi connectivity index (χ1) is 9.28. The zero-order valence-corrected chi connectivity index (χ0v) is 11.1. The van der Waals surface area contributed by atoms with E-state index in [1.807, 2.05) is 0 Å². The van der Waals surface area contributed by atoms with Crippen LogP contribution in [-0.4, -0.2) is 18.9 Å². The van der Waals surface area contributed by atoms with Crippen LogP contribution in [0.15, 0.2) is 36.3 Å². The van der Waals surface area contributed by atoms with Crippen LogP contribution >= 0.6 is 0 Å². The molecule has 0 bridgehead atoms. The molecule has 0 radical (unpaired) electrons. The molecule has 4 heteroatoms. The van der Waals surface area contributed by atoms with Crippen molar-refractivity contribution in [2.75, 3.05) is 6.61 Å². The molecular formula is C15H20O4. The second-order valence-corrected chi connectivity index (χ2v) is 4.62. The van der Waals surface area contributed by atoms with E-state index in [-0.39, 0.29) is 6.61 Å². The summed E-state index contributed by atoms with van der Waals surface area (Å²) in [6.45, 7) is 3.45. The maximum Gasteiger partial charge on any atom is 0.330 e. The summed E-state index contributed by atoms with van der Waals surface area (Å²) in [5.41, 5.74) is 0. The molecule has 19 heavy (non-hydrogen) atoms. The van der Waals surface area contributed by atoms with E-state index >= 15 is 0 Å². The average molecular weight is 264 g/mol. The van der Waals surface area contributed by atoms with Crippen LogP contribution < -0.4 is 0 Å². The van der Waals surface area contributed by atoms with Gasteiger partial charge in [0.15, 0.2) is 6.61 Å². The van der Waals surface area contributed by atoms with Crippen LogP contribution in [0, 0.1) is 0 Å². The van der Waals surface area contributed by atoms with Gasteiger partial charge >= 0.3 is 5.97 Å². The molecule has 0 aliphatic heterocycles. The summed E-state index contributed by atoms with van der Waals surface area (Å²) >= 11 is 0. The molecule has 4 nitrogen and oxygen atoms in total. The van der Waals surface area contributed by atoms with Gasteiger partial charge in [0.2, 0.25) is 0 Å². The van der Waals surface area contributed by atoms with Crippen LogP contribution in [0.4, 0.5) is 0 Å². The molecule has 0 spiro atoms. The van der Waals surface area contributed by atoms with Crippen molar-refractivity contribution in [2.45, 2.75) is 44.8 Å². The first kappa shape index (κ1) is 13.7. The molecular weight excluding hydrogens is 244 g/mol. The Kier molecular flexibility index (Phi) is 5.07. The first-order valence-corrected chi connectivity index (χ1v) is 6.78. The van der Waals surface area contributed by atoms with E-state index in [2.05, 4.69) is 18.7 Å². The van der Waals surface area contributed by atoms with Gasteiger partial charge in [0.25, 0.3) is 6.29 Å². The predicted octanol–water partition coefficient (Wildman–Crippen LogP) is 3.21. The van der Waals surface area contributed by atoms with Gasteiger partial charge in [-0.25, -0.2) is 4.79 Å². The highest BCUT2D eigenvalue weighted by molar-refractivity contribution is 5.81. The van der Waals surface area contributed by atoms with Gasteiger partial charge in [-0.1, -0.05) is 6.58 Å². The molecule has 0 N–H and O–H groups in total. The second-order valence-electron chi connectivity index (χ2n) is 4.62. The van der Waals surface area contributed by atoms with Crippen LogP contribution in [0.25, 0.3) is 0 Å². The topological polar surface area (TPSA) is 44.8 Å². The molecule has 0 aromatic carbocycles. The summed E-state index contributed by atoms with van der Waals surface area (Å²) in [4.78, 5) is 11.1. The fourth-order valence-corrected chi connectivity index (χ4v) is 2.14. The zero-order valence-electron chi connectivity index (χ0n) is 11.1. The number of hydrogen-bond donors (Lipinski definition) is 0. The van der Waals surface area contributed by atoms with Gasteiger partial charge in [-0.15, -0.1) is 0 Å². The molecule has 0 amide bonds. The van der Waals surface area contributed by atoms with Crippen LogP contribution in [0.5, 0.6) is 0 Å². The molecule has 0 atom stereocenters. The summed E-state index contributed by atoms with van der Waals surface area (Å²) in [5, 5.41) is 0. The lowest BCUT2D eigenvalue weighted by Crippen LogP contribution is -2.24. The second kappa shape index (κ2) is 7.02. The lowest BCUT2D eigenvalue weighted by atomic mass is 10.3. The molecule has 104 valence electrons. The van der Waals surface area contributed by atoms with Crippen LogP contribution in [0.3, 0.4) is 0 Å². The smallest absolute Gasteiger partial charge is 0.330 e. The average Bonchev–Trinajstić information content (AvgIpc) is 3.08. The molecule has 0 fully saturated rings. The maximum atomic E-state index is 11.1. The monoisotopic (exact) mass is 264 g/mol. The molecule has 2 aliphatic carbocycles. The van der Waals surface area contributed by atoms with E-state index in [1.165, 1.54) is 0 Å². The van der Waals surface area contributed by atoms with Crippen molar-refractivity contribution < 1.29 is 19.0 Å². The maximum absolute atomic E-state index is 11.1. The molecule has 0 aromatic heterocycles. The quantitative estimate of drug-likeness (QED) is 0.402. The third-order valence-corrected chi connectivity index (χ3v) is 3.09. The van der Waals surface area contributed by atoms with Crippen molar-refractivity contribution >= 4 is 5.97 Å². The fraction of sp³-hybridized carbons (Fsp3) is 0.533. The van der Waals surface area contributed by atoms with Crippen molar-refractivity contribution in [1.29, 1.82) is 0 Å². The van der Waals surface area contributed by atoms with Crippen molar-refractivity contribution in [3.05, 3.63) is 36.3 Å². The van der Waals surface area contributed by atoms with Crippen molar-refractivity contribution in [3.8, 4) is 0 Å². The number of allylic oxidation sites excluding steroid dienone is 4. The molecule has 0 aromatic rings. The first-order valence-electron chi connectivity index (χ1n) is 6.78. The Hall–Kier alpha value is -1.71. The van der Waals surface area contributed by atoms with Crippen LogP contribution in [0.2, 0.25) is 0 Å². The molecule has 0 heterocycles. The van der Waals surface area contributed by atoms with Gasteiger partial charge in [0.1, 0.15) is 0 Å².